The van der Waals surface area contributed by atoms with E-state index in [4.69, 9.17) is 9.15 Å². The van der Waals surface area contributed by atoms with Crippen LogP contribution in [0.5, 0.6) is 0 Å². The Morgan fingerprint density at radius 2 is 2.20 bits per heavy atom. The average molecular weight is 208 g/mol. The molecule has 0 unspecified atom stereocenters. The van der Waals surface area contributed by atoms with Gasteiger partial charge in [-0.25, -0.2) is 4.39 Å². The summed E-state index contributed by atoms with van der Waals surface area (Å²) in [6, 6.07) is 4.49. The van der Waals surface area contributed by atoms with Crippen molar-refractivity contribution in [3.8, 4) is 0 Å². The molecule has 0 atom stereocenters. The van der Waals surface area contributed by atoms with Gasteiger partial charge in [0.15, 0.2) is 0 Å². The summed E-state index contributed by atoms with van der Waals surface area (Å²) in [5.41, 5.74) is 1.58. The van der Waals surface area contributed by atoms with E-state index < -0.39 is 0 Å². The van der Waals surface area contributed by atoms with Crippen LogP contribution in [0.3, 0.4) is 0 Å². The number of fused-ring (bicyclic) bond motifs is 1. The summed E-state index contributed by atoms with van der Waals surface area (Å²) in [6.07, 6.45) is 1.77. The van der Waals surface area contributed by atoms with Crippen LogP contribution < -0.4 is 0 Å². The van der Waals surface area contributed by atoms with E-state index in [1.165, 1.54) is 12.1 Å². The van der Waals surface area contributed by atoms with Crippen molar-refractivity contribution in [1.82, 2.24) is 0 Å². The van der Waals surface area contributed by atoms with Crippen LogP contribution in [0.4, 0.5) is 4.39 Å². The molecule has 0 aliphatic rings. The molecule has 0 aliphatic heterocycles. The molecule has 0 radical (unpaired) electrons. The summed E-state index contributed by atoms with van der Waals surface area (Å²) >= 11 is 0. The summed E-state index contributed by atoms with van der Waals surface area (Å²) in [5, 5.41) is 0.788. The quantitative estimate of drug-likeness (QED) is 0.770. The maximum Gasteiger partial charge on any atom is 0.134 e. The zero-order chi connectivity index (χ0) is 10.8. The Morgan fingerprint density at radius 1 is 1.40 bits per heavy atom. The first kappa shape index (κ1) is 10.2. The Labute approximate surface area is 87.6 Å². The molecule has 15 heavy (non-hydrogen) atoms. The fraction of sp³-hybridized carbons (Fsp3) is 0.333. The molecule has 2 rings (SSSR count). The van der Waals surface area contributed by atoms with Gasteiger partial charge in [0, 0.05) is 10.9 Å². The van der Waals surface area contributed by atoms with Crippen molar-refractivity contribution < 1.29 is 13.5 Å². The van der Waals surface area contributed by atoms with Crippen LogP contribution in [0.25, 0.3) is 11.0 Å². The lowest BCUT2D eigenvalue weighted by molar-refractivity contribution is 0.0660. The van der Waals surface area contributed by atoms with E-state index in [0.717, 1.165) is 10.9 Å². The number of halogens is 1. The molecule has 0 bridgehead atoms. The molecule has 0 saturated carbocycles. The molecule has 0 fully saturated rings. The number of hydrogen-bond donors (Lipinski definition) is 0. The highest BCUT2D eigenvalue weighted by molar-refractivity contribution is 5.80. The molecule has 1 heterocycles. The van der Waals surface area contributed by atoms with Crippen molar-refractivity contribution in [2.75, 3.05) is 0 Å². The van der Waals surface area contributed by atoms with Crippen LogP contribution in [0.1, 0.15) is 19.4 Å². The molecule has 80 valence electrons. The fourth-order valence-corrected chi connectivity index (χ4v) is 1.42. The van der Waals surface area contributed by atoms with Gasteiger partial charge in [-0.05, 0) is 32.0 Å². The molecule has 3 heteroatoms. The fourth-order valence-electron chi connectivity index (χ4n) is 1.42. The highest BCUT2D eigenvalue weighted by atomic mass is 19.1. The topological polar surface area (TPSA) is 22.4 Å². The smallest absolute Gasteiger partial charge is 0.134 e. The Kier molecular flexibility index (Phi) is 2.73. The summed E-state index contributed by atoms with van der Waals surface area (Å²) in [5.74, 6) is -0.255. The first-order chi connectivity index (χ1) is 7.16. The van der Waals surface area contributed by atoms with E-state index in [1.807, 2.05) is 13.8 Å². The second-order valence-electron chi connectivity index (χ2n) is 3.76. The average Bonchev–Trinajstić information content (AvgIpc) is 2.57. The lowest BCUT2D eigenvalue weighted by Crippen LogP contribution is -2.01. The number of furan rings is 1. The monoisotopic (exact) mass is 208 g/mol. The van der Waals surface area contributed by atoms with Crippen LogP contribution in [0, 0.1) is 5.82 Å². The molecule has 0 saturated heterocycles. The number of ether oxygens (including phenoxy) is 1. The van der Waals surface area contributed by atoms with Crippen LogP contribution in [-0.2, 0) is 11.3 Å². The van der Waals surface area contributed by atoms with E-state index in [0.29, 0.717) is 12.2 Å². The molecule has 2 aromatic rings. The van der Waals surface area contributed by atoms with Crippen molar-refractivity contribution >= 4 is 11.0 Å². The van der Waals surface area contributed by atoms with Gasteiger partial charge < -0.3 is 9.15 Å². The number of hydrogen-bond acceptors (Lipinski definition) is 2. The van der Waals surface area contributed by atoms with Crippen LogP contribution >= 0.6 is 0 Å². The molecule has 0 aliphatic carbocycles. The minimum absolute atomic E-state index is 0.156. The maximum absolute atomic E-state index is 13.0. The van der Waals surface area contributed by atoms with Crippen molar-refractivity contribution in [3.05, 3.63) is 35.8 Å². The van der Waals surface area contributed by atoms with E-state index in [9.17, 15) is 4.39 Å². The summed E-state index contributed by atoms with van der Waals surface area (Å²) < 4.78 is 23.8. The van der Waals surface area contributed by atoms with Gasteiger partial charge in [0.05, 0.1) is 19.0 Å². The third-order valence-electron chi connectivity index (χ3n) is 2.19. The SMILES string of the molecule is CC(C)OCc1coc2ccc(F)cc12. The molecule has 0 amide bonds. The van der Waals surface area contributed by atoms with E-state index in [1.54, 1.807) is 12.3 Å². The summed E-state index contributed by atoms with van der Waals surface area (Å²) in [6.45, 7) is 4.37. The van der Waals surface area contributed by atoms with Crippen molar-refractivity contribution in [2.45, 2.75) is 26.6 Å². The van der Waals surface area contributed by atoms with Gasteiger partial charge in [-0.1, -0.05) is 0 Å². The molecule has 1 aromatic heterocycles. The zero-order valence-corrected chi connectivity index (χ0v) is 8.79. The largest absolute Gasteiger partial charge is 0.464 e. The van der Waals surface area contributed by atoms with Gasteiger partial charge in [0.25, 0.3) is 0 Å². The summed E-state index contributed by atoms with van der Waals surface area (Å²) in [7, 11) is 0. The lowest BCUT2D eigenvalue weighted by atomic mass is 10.2. The molecule has 1 aromatic carbocycles. The highest BCUT2D eigenvalue weighted by Crippen LogP contribution is 2.22. The Balaban J connectivity index is 2.31. The van der Waals surface area contributed by atoms with Gasteiger partial charge in [-0.2, -0.15) is 0 Å². The van der Waals surface area contributed by atoms with Gasteiger partial charge in [-0.15, -0.1) is 0 Å². The number of rotatable bonds is 3. The van der Waals surface area contributed by atoms with Crippen LogP contribution in [0.15, 0.2) is 28.9 Å². The molecular formula is C12H13FO2. The third-order valence-corrected chi connectivity index (χ3v) is 2.19. The van der Waals surface area contributed by atoms with Gasteiger partial charge in [0.1, 0.15) is 11.4 Å². The van der Waals surface area contributed by atoms with Crippen molar-refractivity contribution in [1.29, 1.82) is 0 Å². The second kappa shape index (κ2) is 4.03. The predicted molar refractivity (Wildman–Crippen MR) is 56.1 cm³/mol. The Hall–Kier alpha value is -1.35. The van der Waals surface area contributed by atoms with Crippen molar-refractivity contribution in [2.24, 2.45) is 0 Å². The predicted octanol–water partition coefficient (Wildman–Crippen LogP) is 3.50. The molecule has 0 N–H and O–H groups in total. The Bertz CT molecular complexity index is 460. The molecule has 2 nitrogen and oxygen atoms in total. The standard InChI is InChI=1S/C12H13FO2/c1-8(2)14-6-9-7-15-12-4-3-10(13)5-11(9)12/h3-5,7-8H,6H2,1-2H3. The maximum atomic E-state index is 13.0. The minimum atomic E-state index is -0.255. The normalized spacial score (nSPS) is 11.5. The highest BCUT2D eigenvalue weighted by Gasteiger charge is 2.07. The first-order valence-corrected chi connectivity index (χ1v) is 4.94. The lowest BCUT2D eigenvalue weighted by Gasteiger charge is -2.05. The van der Waals surface area contributed by atoms with E-state index in [2.05, 4.69) is 0 Å². The molecule has 0 spiro atoms. The Morgan fingerprint density at radius 3 is 2.93 bits per heavy atom. The molecular weight excluding hydrogens is 195 g/mol. The number of benzene rings is 1. The zero-order valence-electron chi connectivity index (χ0n) is 8.79. The van der Waals surface area contributed by atoms with Gasteiger partial charge in [0.2, 0.25) is 0 Å². The third kappa shape index (κ3) is 2.18. The first-order valence-electron chi connectivity index (χ1n) is 4.94. The van der Waals surface area contributed by atoms with E-state index in [-0.39, 0.29) is 11.9 Å². The van der Waals surface area contributed by atoms with Crippen LogP contribution in [-0.4, -0.2) is 6.10 Å². The van der Waals surface area contributed by atoms with Crippen molar-refractivity contribution in [3.63, 3.8) is 0 Å². The summed E-state index contributed by atoms with van der Waals surface area (Å²) in [4.78, 5) is 0. The van der Waals surface area contributed by atoms with Gasteiger partial charge in [-0.3, -0.25) is 0 Å². The van der Waals surface area contributed by atoms with Crippen LogP contribution in [0.2, 0.25) is 0 Å². The van der Waals surface area contributed by atoms with Gasteiger partial charge >= 0.3 is 0 Å². The van der Waals surface area contributed by atoms with E-state index >= 15 is 0 Å². The second-order valence-corrected chi connectivity index (χ2v) is 3.76. The minimum Gasteiger partial charge on any atom is -0.464 e.